The Balaban J connectivity index is 2.31. The summed E-state index contributed by atoms with van der Waals surface area (Å²) in [5, 5.41) is 10.7. The Morgan fingerprint density at radius 2 is 2.09 bits per heavy atom. The Hall–Kier alpha value is -1.65. The summed E-state index contributed by atoms with van der Waals surface area (Å²) in [6.07, 6.45) is 1.78. The molecule has 0 bridgehead atoms. The number of hydrogen-bond donors (Lipinski definition) is 1. The molecule has 0 atom stereocenters. The minimum atomic E-state index is -3.63. The fourth-order valence-corrected chi connectivity index (χ4v) is 2.95. The highest BCUT2D eigenvalue weighted by atomic mass is 35.5. The molecular weight excluding hydrogens is 350 g/mol. The molecule has 1 N–H and O–H groups in total. The van der Waals surface area contributed by atoms with E-state index in [1.165, 1.54) is 18.3 Å². The molecule has 0 aromatic carbocycles. The SMILES string of the molecule is CCc1nnc(NC(=O)c2nc(S(=O)(=O)CC)ncc2Cl)s1. The normalized spacial score (nSPS) is 11.4. The van der Waals surface area contributed by atoms with E-state index in [2.05, 4.69) is 25.5 Å². The van der Waals surface area contributed by atoms with Gasteiger partial charge in [0.15, 0.2) is 5.69 Å². The monoisotopic (exact) mass is 361 g/mol. The number of hydrogen-bond acceptors (Lipinski definition) is 8. The van der Waals surface area contributed by atoms with Crippen LogP contribution in [0.25, 0.3) is 0 Å². The van der Waals surface area contributed by atoms with E-state index in [1.54, 1.807) is 0 Å². The largest absolute Gasteiger partial charge is 0.295 e. The lowest BCUT2D eigenvalue weighted by Gasteiger charge is -2.05. The lowest BCUT2D eigenvalue weighted by molar-refractivity contribution is 0.102. The summed E-state index contributed by atoms with van der Waals surface area (Å²) < 4.78 is 23.5. The first-order chi connectivity index (χ1) is 10.4. The van der Waals surface area contributed by atoms with Gasteiger partial charge in [0.25, 0.3) is 5.91 Å². The molecule has 0 aliphatic carbocycles. The molecule has 11 heteroatoms. The number of halogens is 1. The minimum Gasteiger partial charge on any atom is -0.295 e. The maximum atomic E-state index is 12.2. The van der Waals surface area contributed by atoms with Crippen LogP contribution in [-0.4, -0.2) is 40.2 Å². The van der Waals surface area contributed by atoms with E-state index >= 15 is 0 Å². The van der Waals surface area contributed by atoms with Crippen LogP contribution in [0.4, 0.5) is 5.13 Å². The average Bonchev–Trinajstić information content (AvgIpc) is 2.95. The van der Waals surface area contributed by atoms with Gasteiger partial charge in [0.1, 0.15) is 5.01 Å². The third-order valence-corrected chi connectivity index (χ3v) is 5.36. The standard InChI is InChI=1S/C11H12ClN5O3S2/c1-3-7-16-17-10(21-7)15-9(18)8-6(12)5-13-11(14-8)22(19,20)4-2/h5H,3-4H2,1-2H3,(H,15,17,18). The predicted molar refractivity (Wildman–Crippen MR) is 82.0 cm³/mol. The van der Waals surface area contributed by atoms with Gasteiger partial charge < -0.3 is 0 Å². The lowest BCUT2D eigenvalue weighted by atomic mass is 10.4. The maximum absolute atomic E-state index is 12.2. The number of anilines is 1. The number of rotatable bonds is 5. The number of sulfone groups is 1. The zero-order valence-electron chi connectivity index (χ0n) is 11.7. The second-order valence-corrected chi connectivity index (χ2v) is 7.70. The zero-order chi connectivity index (χ0) is 16.3. The predicted octanol–water partition coefficient (Wildman–Crippen LogP) is 1.59. The topological polar surface area (TPSA) is 115 Å². The summed E-state index contributed by atoms with van der Waals surface area (Å²) in [6.45, 7) is 3.37. The molecule has 0 fully saturated rings. The van der Waals surface area contributed by atoms with Crippen LogP contribution in [0, 0.1) is 0 Å². The number of nitrogens with zero attached hydrogens (tertiary/aromatic N) is 4. The van der Waals surface area contributed by atoms with Crippen molar-refractivity contribution < 1.29 is 13.2 Å². The summed E-state index contributed by atoms with van der Waals surface area (Å²) in [5.74, 6) is -0.842. The van der Waals surface area contributed by atoms with Crippen LogP contribution in [0.15, 0.2) is 11.4 Å². The van der Waals surface area contributed by atoms with Crippen molar-refractivity contribution in [1.29, 1.82) is 0 Å². The van der Waals surface area contributed by atoms with Gasteiger partial charge in [-0.05, 0) is 6.42 Å². The Morgan fingerprint density at radius 3 is 2.68 bits per heavy atom. The molecule has 1 amide bonds. The highest BCUT2D eigenvalue weighted by Crippen LogP contribution is 2.19. The number of carbonyl (C=O) groups excluding carboxylic acids is 1. The van der Waals surface area contributed by atoms with E-state index in [-0.39, 0.29) is 21.6 Å². The van der Waals surface area contributed by atoms with E-state index in [9.17, 15) is 13.2 Å². The van der Waals surface area contributed by atoms with Crippen LogP contribution in [0.5, 0.6) is 0 Å². The molecule has 22 heavy (non-hydrogen) atoms. The number of carbonyl (C=O) groups is 1. The van der Waals surface area contributed by atoms with Crippen LogP contribution < -0.4 is 5.32 Å². The van der Waals surface area contributed by atoms with Gasteiger partial charge in [0.05, 0.1) is 17.0 Å². The van der Waals surface area contributed by atoms with Gasteiger partial charge in [-0.1, -0.05) is 36.8 Å². The van der Waals surface area contributed by atoms with Gasteiger partial charge in [-0.15, -0.1) is 10.2 Å². The van der Waals surface area contributed by atoms with Crippen LogP contribution in [-0.2, 0) is 16.3 Å². The second-order valence-electron chi connectivity index (χ2n) is 4.06. The maximum Gasteiger partial charge on any atom is 0.277 e. The Kier molecular flexibility index (Phi) is 5.04. The minimum absolute atomic E-state index is 0.0483. The molecular formula is C11H12ClN5O3S2. The average molecular weight is 362 g/mol. The van der Waals surface area contributed by atoms with Crippen molar-refractivity contribution in [3.8, 4) is 0 Å². The molecule has 0 radical (unpaired) electrons. The molecule has 2 aromatic heterocycles. The van der Waals surface area contributed by atoms with Gasteiger partial charge >= 0.3 is 0 Å². The summed E-state index contributed by atoms with van der Waals surface area (Å²) in [5.41, 5.74) is -0.225. The van der Waals surface area contributed by atoms with Crippen molar-refractivity contribution in [1.82, 2.24) is 20.2 Å². The van der Waals surface area contributed by atoms with E-state index in [1.807, 2.05) is 6.92 Å². The lowest BCUT2D eigenvalue weighted by Crippen LogP contribution is -2.18. The number of amides is 1. The first kappa shape index (κ1) is 16.7. The Bertz CT molecular complexity index is 806. The van der Waals surface area contributed by atoms with Crippen molar-refractivity contribution in [3.63, 3.8) is 0 Å². The van der Waals surface area contributed by atoms with Gasteiger partial charge in [-0.2, -0.15) is 0 Å². The van der Waals surface area contributed by atoms with Crippen LogP contribution in [0.2, 0.25) is 5.02 Å². The highest BCUT2D eigenvalue weighted by Gasteiger charge is 2.21. The molecule has 0 aliphatic heterocycles. The second kappa shape index (κ2) is 6.63. The fourth-order valence-electron chi connectivity index (χ4n) is 1.39. The summed E-state index contributed by atoms with van der Waals surface area (Å²) >= 11 is 7.09. The zero-order valence-corrected chi connectivity index (χ0v) is 14.1. The highest BCUT2D eigenvalue weighted by molar-refractivity contribution is 7.91. The molecule has 2 heterocycles. The van der Waals surface area contributed by atoms with E-state index in [0.717, 1.165) is 11.2 Å². The number of aromatic nitrogens is 4. The molecule has 2 rings (SSSR count). The van der Waals surface area contributed by atoms with Crippen LogP contribution >= 0.6 is 22.9 Å². The summed E-state index contributed by atoms with van der Waals surface area (Å²) in [6, 6.07) is 0. The smallest absolute Gasteiger partial charge is 0.277 e. The first-order valence-corrected chi connectivity index (χ1v) is 9.11. The van der Waals surface area contributed by atoms with Gasteiger partial charge in [0, 0.05) is 0 Å². The van der Waals surface area contributed by atoms with Gasteiger partial charge in [0.2, 0.25) is 20.1 Å². The molecule has 0 unspecified atom stereocenters. The van der Waals surface area contributed by atoms with E-state index < -0.39 is 20.9 Å². The molecule has 0 aliphatic rings. The van der Waals surface area contributed by atoms with Gasteiger partial charge in [-0.25, -0.2) is 18.4 Å². The quantitative estimate of drug-likeness (QED) is 0.804. The van der Waals surface area contributed by atoms with E-state index in [0.29, 0.717) is 6.42 Å². The Morgan fingerprint density at radius 1 is 1.36 bits per heavy atom. The molecule has 0 spiro atoms. The molecule has 0 saturated heterocycles. The van der Waals surface area contributed by atoms with Crippen molar-refractivity contribution in [3.05, 3.63) is 21.9 Å². The number of aryl methyl sites for hydroxylation is 1. The van der Waals surface area contributed by atoms with Gasteiger partial charge in [-0.3, -0.25) is 10.1 Å². The Labute approximate surface area is 135 Å². The van der Waals surface area contributed by atoms with Crippen molar-refractivity contribution in [2.45, 2.75) is 25.4 Å². The van der Waals surface area contributed by atoms with Crippen molar-refractivity contribution in [2.24, 2.45) is 0 Å². The molecule has 118 valence electrons. The third kappa shape index (κ3) is 3.57. The number of nitrogens with one attached hydrogen (secondary N) is 1. The van der Waals surface area contributed by atoms with Crippen LogP contribution in [0.3, 0.4) is 0 Å². The third-order valence-electron chi connectivity index (χ3n) is 2.59. The summed E-state index contributed by atoms with van der Waals surface area (Å²) in [7, 11) is -3.63. The molecule has 0 saturated carbocycles. The molecule has 2 aromatic rings. The molecule has 8 nitrogen and oxygen atoms in total. The first-order valence-electron chi connectivity index (χ1n) is 6.26. The fraction of sp³-hybridized carbons (Fsp3) is 0.364. The van der Waals surface area contributed by atoms with Crippen molar-refractivity contribution in [2.75, 3.05) is 11.1 Å². The van der Waals surface area contributed by atoms with Crippen LogP contribution in [0.1, 0.15) is 29.3 Å². The summed E-state index contributed by atoms with van der Waals surface area (Å²) in [4.78, 5) is 19.6. The van der Waals surface area contributed by atoms with E-state index in [4.69, 9.17) is 11.6 Å². The van der Waals surface area contributed by atoms with Crippen molar-refractivity contribution >= 4 is 43.8 Å².